The predicted octanol–water partition coefficient (Wildman–Crippen LogP) is 5.14. The van der Waals surface area contributed by atoms with Crippen molar-refractivity contribution in [1.82, 2.24) is 0 Å². The van der Waals surface area contributed by atoms with E-state index in [1.54, 1.807) is 24.3 Å². The van der Waals surface area contributed by atoms with E-state index in [0.717, 1.165) is 11.3 Å². The van der Waals surface area contributed by atoms with Crippen molar-refractivity contribution in [1.29, 1.82) is 0 Å². The highest BCUT2D eigenvalue weighted by atomic mass is 79.9. The van der Waals surface area contributed by atoms with E-state index in [1.165, 1.54) is 6.07 Å². The number of benzene rings is 2. The lowest BCUT2D eigenvalue weighted by molar-refractivity contribution is 0.174. The van der Waals surface area contributed by atoms with Crippen molar-refractivity contribution in [3.8, 4) is 11.5 Å². The molecule has 3 nitrogen and oxygen atoms in total. The molecule has 1 aliphatic heterocycles. The number of rotatable bonds is 3. The highest BCUT2D eigenvalue weighted by Gasteiger charge is 2.18. The quantitative estimate of drug-likeness (QED) is 0.809. The molecular weight excluding hydrogens is 361 g/mol. The molecule has 1 N–H and O–H groups in total. The molecule has 0 fully saturated rings. The Morgan fingerprint density at radius 2 is 1.95 bits per heavy atom. The minimum atomic E-state index is -0.285. The second-order valence-corrected chi connectivity index (χ2v) is 5.99. The summed E-state index contributed by atoms with van der Waals surface area (Å²) < 4.78 is 24.3. The van der Waals surface area contributed by atoms with E-state index in [4.69, 9.17) is 21.1 Å². The predicted molar refractivity (Wildman–Crippen MR) is 83.7 cm³/mol. The summed E-state index contributed by atoms with van der Waals surface area (Å²) in [6.45, 7) is 2.18. The fourth-order valence-electron chi connectivity index (χ4n) is 2.13. The number of fused-ring (bicyclic) bond motifs is 1. The van der Waals surface area contributed by atoms with Gasteiger partial charge in [0.1, 0.15) is 5.82 Å². The van der Waals surface area contributed by atoms with Gasteiger partial charge in [-0.15, -0.1) is 0 Å². The van der Waals surface area contributed by atoms with Gasteiger partial charge in [0, 0.05) is 18.2 Å². The lowest BCUT2D eigenvalue weighted by Gasteiger charge is -2.17. The van der Waals surface area contributed by atoms with Gasteiger partial charge in [-0.1, -0.05) is 17.7 Å². The number of halogens is 3. The van der Waals surface area contributed by atoms with Crippen LogP contribution >= 0.6 is 27.5 Å². The molecule has 0 radical (unpaired) electrons. The van der Waals surface area contributed by atoms with E-state index < -0.39 is 0 Å². The van der Waals surface area contributed by atoms with Gasteiger partial charge >= 0.3 is 0 Å². The van der Waals surface area contributed by atoms with Crippen molar-refractivity contribution < 1.29 is 13.9 Å². The fourth-order valence-corrected chi connectivity index (χ4v) is 2.73. The number of nitrogens with one attached hydrogen (secondary N) is 1. The summed E-state index contributed by atoms with van der Waals surface area (Å²) in [6.07, 6.45) is 0. The SMILES string of the molecule is CC(Nc1cc2c(cc1Cl)OCO2)c1ccc(F)c(Br)c1. The third kappa shape index (κ3) is 2.94. The van der Waals surface area contributed by atoms with Gasteiger partial charge in [0.25, 0.3) is 0 Å². The molecule has 0 aromatic heterocycles. The molecule has 1 unspecified atom stereocenters. The molecule has 0 amide bonds. The molecule has 0 saturated heterocycles. The van der Waals surface area contributed by atoms with E-state index in [0.29, 0.717) is 21.0 Å². The van der Waals surface area contributed by atoms with Crippen LogP contribution in [0.2, 0.25) is 5.02 Å². The molecule has 0 bridgehead atoms. The lowest BCUT2D eigenvalue weighted by Crippen LogP contribution is -2.07. The highest BCUT2D eigenvalue weighted by molar-refractivity contribution is 9.10. The fraction of sp³-hybridized carbons (Fsp3) is 0.200. The highest BCUT2D eigenvalue weighted by Crippen LogP contribution is 2.40. The third-order valence-electron chi connectivity index (χ3n) is 3.28. The minimum Gasteiger partial charge on any atom is -0.454 e. The van der Waals surface area contributed by atoms with E-state index in [-0.39, 0.29) is 18.7 Å². The summed E-state index contributed by atoms with van der Waals surface area (Å²) >= 11 is 9.42. The van der Waals surface area contributed by atoms with Crippen LogP contribution in [0, 0.1) is 5.82 Å². The van der Waals surface area contributed by atoms with Gasteiger partial charge in [-0.05, 0) is 40.5 Å². The molecule has 2 aromatic rings. The molecule has 1 heterocycles. The summed E-state index contributed by atoms with van der Waals surface area (Å²) in [5, 5.41) is 3.84. The number of anilines is 1. The maximum atomic E-state index is 13.3. The van der Waals surface area contributed by atoms with Gasteiger partial charge in [-0.2, -0.15) is 0 Å². The zero-order chi connectivity index (χ0) is 15.0. The number of ether oxygens (including phenoxy) is 2. The van der Waals surface area contributed by atoms with Gasteiger partial charge < -0.3 is 14.8 Å². The normalized spacial score (nSPS) is 14.1. The minimum absolute atomic E-state index is 0.0419. The average molecular weight is 373 g/mol. The maximum Gasteiger partial charge on any atom is 0.231 e. The van der Waals surface area contributed by atoms with Crippen LogP contribution in [0.4, 0.5) is 10.1 Å². The number of hydrogen-bond donors (Lipinski definition) is 1. The van der Waals surface area contributed by atoms with Crippen LogP contribution in [0.15, 0.2) is 34.8 Å². The maximum absolute atomic E-state index is 13.3. The first-order valence-corrected chi connectivity index (χ1v) is 7.52. The van der Waals surface area contributed by atoms with Gasteiger partial charge in [0.05, 0.1) is 15.2 Å². The van der Waals surface area contributed by atoms with Gasteiger partial charge in [0.15, 0.2) is 11.5 Å². The molecule has 2 aromatic carbocycles. The van der Waals surface area contributed by atoms with Crippen LogP contribution < -0.4 is 14.8 Å². The Bertz CT molecular complexity index is 696. The van der Waals surface area contributed by atoms with Gasteiger partial charge in [-0.25, -0.2) is 4.39 Å². The van der Waals surface area contributed by atoms with E-state index in [2.05, 4.69) is 21.2 Å². The molecule has 110 valence electrons. The summed E-state index contributed by atoms with van der Waals surface area (Å²) in [7, 11) is 0. The molecular formula is C15H12BrClFNO2. The van der Waals surface area contributed by atoms with Crippen molar-refractivity contribution in [2.45, 2.75) is 13.0 Å². The smallest absolute Gasteiger partial charge is 0.231 e. The van der Waals surface area contributed by atoms with Crippen molar-refractivity contribution in [3.63, 3.8) is 0 Å². The van der Waals surface area contributed by atoms with Crippen LogP contribution in [0.25, 0.3) is 0 Å². The van der Waals surface area contributed by atoms with Crippen molar-refractivity contribution in [2.24, 2.45) is 0 Å². The monoisotopic (exact) mass is 371 g/mol. The van der Waals surface area contributed by atoms with Crippen molar-refractivity contribution in [2.75, 3.05) is 12.1 Å². The standard InChI is InChI=1S/C15H12BrClFNO2/c1-8(9-2-3-12(18)10(16)4-9)19-13-6-15-14(5-11(13)17)20-7-21-15/h2-6,8,19H,7H2,1H3. The lowest BCUT2D eigenvalue weighted by atomic mass is 10.1. The average Bonchev–Trinajstić information content (AvgIpc) is 2.89. The van der Waals surface area contributed by atoms with Crippen LogP contribution in [-0.2, 0) is 0 Å². The van der Waals surface area contributed by atoms with E-state index in [1.807, 2.05) is 6.92 Å². The molecule has 0 saturated carbocycles. The van der Waals surface area contributed by atoms with Gasteiger partial charge in [0.2, 0.25) is 6.79 Å². The third-order valence-corrected chi connectivity index (χ3v) is 4.20. The van der Waals surface area contributed by atoms with Crippen LogP contribution in [0.3, 0.4) is 0 Å². The zero-order valence-electron chi connectivity index (χ0n) is 11.1. The Morgan fingerprint density at radius 1 is 1.24 bits per heavy atom. The van der Waals surface area contributed by atoms with E-state index in [9.17, 15) is 4.39 Å². The van der Waals surface area contributed by atoms with Crippen molar-refractivity contribution >= 4 is 33.2 Å². The van der Waals surface area contributed by atoms with Crippen LogP contribution in [0.1, 0.15) is 18.5 Å². The molecule has 1 atom stereocenters. The van der Waals surface area contributed by atoms with Crippen molar-refractivity contribution in [3.05, 3.63) is 51.2 Å². The first kappa shape index (κ1) is 14.5. The van der Waals surface area contributed by atoms with Crippen LogP contribution in [-0.4, -0.2) is 6.79 Å². The molecule has 1 aliphatic rings. The number of hydrogen-bond acceptors (Lipinski definition) is 3. The molecule has 3 rings (SSSR count). The Kier molecular flexibility index (Phi) is 3.95. The summed E-state index contributed by atoms with van der Waals surface area (Å²) in [4.78, 5) is 0. The Hall–Kier alpha value is -1.46. The van der Waals surface area contributed by atoms with Gasteiger partial charge in [-0.3, -0.25) is 0 Å². The Morgan fingerprint density at radius 3 is 2.67 bits per heavy atom. The Balaban J connectivity index is 1.84. The van der Waals surface area contributed by atoms with Crippen LogP contribution in [0.5, 0.6) is 11.5 Å². The first-order valence-electron chi connectivity index (χ1n) is 6.35. The Labute approximate surface area is 135 Å². The molecule has 21 heavy (non-hydrogen) atoms. The topological polar surface area (TPSA) is 30.5 Å². The summed E-state index contributed by atoms with van der Waals surface area (Å²) in [5.41, 5.74) is 1.69. The molecule has 0 aliphatic carbocycles. The first-order chi connectivity index (χ1) is 10.0. The summed E-state index contributed by atoms with van der Waals surface area (Å²) in [6, 6.07) is 8.39. The second kappa shape index (κ2) is 5.73. The molecule has 0 spiro atoms. The van der Waals surface area contributed by atoms with E-state index >= 15 is 0 Å². The zero-order valence-corrected chi connectivity index (χ0v) is 13.5. The second-order valence-electron chi connectivity index (χ2n) is 4.72. The summed E-state index contributed by atoms with van der Waals surface area (Å²) in [5.74, 6) is 1.02. The molecule has 6 heteroatoms. The largest absolute Gasteiger partial charge is 0.454 e.